The molecule has 0 N–H and O–H groups in total. The zero-order valence-corrected chi connectivity index (χ0v) is 27.8. The van der Waals surface area contributed by atoms with Crippen molar-refractivity contribution in [2.45, 2.75) is 0 Å². The maximum absolute atomic E-state index is 6.74. The fourth-order valence-electron chi connectivity index (χ4n) is 7.28. The molecule has 0 aliphatic rings. The molecule has 0 aliphatic carbocycles. The summed E-state index contributed by atoms with van der Waals surface area (Å²) < 4.78 is 9.31. The number of para-hydroxylation sites is 3. The maximum Gasteiger partial charge on any atom is 0.137 e. The van der Waals surface area contributed by atoms with Crippen molar-refractivity contribution in [2.24, 2.45) is 0 Å². The zero-order chi connectivity index (χ0) is 33.0. The molecule has 10 rings (SSSR count). The molecule has 0 atom stereocenters. The lowest BCUT2D eigenvalue weighted by Gasteiger charge is -2.33. The van der Waals surface area contributed by atoms with Crippen LogP contribution in [-0.4, -0.2) is 0 Å². The highest BCUT2D eigenvalue weighted by atomic mass is 32.1. The van der Waals surface area contributed by atoms with Gasteiger partial charge in [0.15, 0.2) is 0 Å². The molecule has 0 spiro atoms. The van der Waals surface area contributed by atoms with Crippen LogP contribution in [0.2, 0.25) is 0 Å². The van der Waals surface area contributed by atoms with Crippen LogP contribution in [0.25, 0.3) is 52.9 Å². The average molecular weight is 659 g/mol. The second kappa shape index (κ2) is 11.7. The van der Waals surface area contributed by atoms with Crippen LogP contribution in [0.1, 0.15) is 0 Å². The molecule has 50 heavy (non-hydrogen) atoms. The summed E-state index contributed by atoms with van der Waals surface area (Å²) in [6.45, 7) is 0. The van der Waals surface area contributed by atoms with E-state index >= 15 is 0 Å². The lowest BCUT2D eigenvalue weighted by Crippen LogP contribution is -2.17. The molecule has 10 aromatic rings. The monoisotopic (exact) mass is 658 g/mol. The summed E-state index contributed by atoms with van der Waals surface area (Å²) in [5.74, 6) is 0. The Morgan fingerprint density at radius 1 is 0.340 bits per heavy atom. The van der Waals surface area contributed by atoms with E-state index in [1.165, 1.54) is 25.6 Å². The summed E-state index contributed by atoms with van der Waals surface area (Å²) in [7, 11) is 0. The summed E-state index contributed by atoms with van der Waals surface area (Å²) in [5, 5.41) is 7.07. The third-order valence-corrected chi connectivity index (χ3v) is 10.7. The van der Waals surface area contributed by atoms with Gasteiger partial charge in [0, 0.05) is 59.8 Å². The van der Waals surface area contributed by atoms with Crippen molar-refractivity contribution in [3.8, 4) is 0 Å². The molecule has 0 unspecified atom stereocenters. The Labute approximate surface area is 293 Å². The van der Waals surface area contributed by atoms with Crippen molar-refractivity contribution in [2.75, 3.05) is 9.80 Å². The molecule has 0 saturated carbocycles. The van der Waals surface area contributed by atoms with E-state index in [4.69, 9.17) is 4.42 Å². The Morgan fingerprint density at radius 2 is 0.840 bits per heavy atom. The van der Waals surface area contributed by atoms with Crippen LogP contribution < -0.4 is 9.80 Å². The van der Waals surface area contributed by atoms with Gasteiger partial charge in [-0.2, -0.15) is 0 Å². The first kappa shape index (κ1) is 28.6. The Hall–Kier alpha value is -6.36. The Balaban J connectivity index is 1.31. The van der Waals surface area contributed by atoms with E-state index in [0.29, 0.717) is 0 Å². The summed E-state index contributed by atoms with van der Waals surface area (Å²) >= 11 is 1.84. The van der Waals surface area contributed by atoms with Gasteiger partial charge in [0.2, 0.25) is 0 Å². The van der Waals surface area contributed by atoms with Gasteiger partial charge < -0.3 is 14.2 Å². The highest BCUT2D eigenvalue weighted by Gasteiger charge is 2.25. The fraction of sp³-hybridized carbons (Fsp3) is 0. The summed E-state index contributed by atoms with van der Waals surface area (Å²) in [5.41, 5.74) is 8.08. The van der Waals surface area contributed by atoms with E-state index in [1.54, 1.807) is 0 Å². The predicted molar refractivity (Wildman–Crippen MR) is 213 cm³/mol. The van der Waals surface area contributed by atoms with Crippen molar-refractivity contribution in [3.05, 3.63) is 182 Å². The highest BCUT2D eigenvalue weighted by molar-refractivity contribution is 7.25. The number of furan rings is 1. The summed E-state index contributed by atoms with van der Waals surface area (Å²) in [4.78, 5) is 4.74. The van der Waals surface area contributed by atoms with Gasteiger partial charge in [-0.1, -0.05) is 97.1 Å². The van der Waals surface area contributed by atoms with E-state index in [0.717, 1.165) is 61.4 Å². The first-order valence-corrected chi connectivity index (χ1v) is 17.7. The zero-order valence-electron chi connectivity index (χ0n) is 27.0. The molecule has 2 aromatic heterocycles. The molecule has 3 nitrogen and oxygen atoms in total. The lowest BCUT2D eigenvalue weighted by atomic mass is 10.0. The molecule has 0 radical (unpaired) electrons. The number of nitrogens with zero attached hydrogens (tertiary/aromatic N) is 2. The highest BCUT2D eigenvalue weighted by Crippen LogP contribution is 2.49. The molecule has 0 amide bonds. The number of fused-ring (bicyclic) bond motifs is 7. The molecule has 0 bridgehead atoms. The lowest BCUT2D eigenvalue weighted by molar-refractivity contribution is 0.669. The number of anilines is 6. The number of hydrogen-bond acceptors (Lipinski definition) is 4. The van der Waals surface area contributed by atoms with Crippen molar-refractivity contribution >= 4 is 98.3 Å². The number of rotatable bonds is 6. The van der Waals surface area contributed by atoms with E-state index in [-0.39, 0.29) is 0 Å². The van der Waals surface area contributed by atoms with Gasteiger partial charge in [-0.15, -0.1) is 11.3 Å². The van der Waals surface area contributed by atoms with Gasteiger partial charge in [-0.05, 0) is 89.6 Å². The number of benzene rings is 8. The molecule has 0 saturated heterocycles. The topological polar surface area (TPSA) is 19.6 Å². The van der Waals surface area contributed by atoms with Gasteiger partial charge in [0.25, 0.3) is 0 Å². The average Bonchev–Trinajstić information content (AvgIpc) is 3.72. The quantitative estimate of drug-likeness (QED) is 0.177. The standard InChI is InChI=1S/C46H30N2OS/c1-4-16-33(17-5-1)47(34-18-6-2-7-19-34)41-29-39-38-26-31-14-10-11-15-32(31)27-43(38)49-44(39)30-42(41)48(35-20-8-3-9-21-35)36-24-25-46-40(28-36)37-22-12-13-23-45(37)50-46/h1-30H. The normalized spacial score (nSPS) is 11.6. The number of hydrogen-bond donors (Lipinski definition) is 0. The molecule has 236 valence electrons. The van der Waals surface area contributed by atoms with E-state index in [9.17, 15) is 0 Å². The minimum Gasteiger partial charge on any atom is -0.456 e. The van der Waals surface area contributed by atoms with Crippen LogP contribution in [0.4, 0.5) is 34.1 Å². The van der Waals surface area contributed by atoms with E-state index < -0.39 is 0 Å². The SMILES string of the molecule is c1ccc(N(c2ccc3sc4ccccc4c3c2)c2cc3oc4cc5ccccc5cc4c3cc2N(c2ccccc2)c2ccccc2)cc1. The maximum atomic E-state index is 6.74. The molecule has 8 aromatic carbocycles. The fourth-order valence-corrected chi connectivity index (χ4v) is 8.37. The van der Waals surface area contributed by atoms with Gasteiger partial charge in [0.05, 0.1) is 11.4 Å². The first-order chi connectivity index (χ1) is 24.8. The third-order valence-electron chi connectivity index (χ3n) is 9.58. The van der Waals surface area contributed by atoms with Crippen molar-refractivity contribution < 1.29 is 4.42 Å². The second-order valence-electron chi connectivity index (χ2n) is 12.6. The van der Waals surface area contributed by atoms with Gasteiger partial charge in [-0.3, -0.25) is 0 Å². The minimum absolute atomic E-state index is 0.845. The Bertz CT molecular complexity index is 2780. The van der Waals surface area contributed by atoms with Crippen LogP contribution in [-0.2, 0) is 0 Å². The van der Waals surface area contributed by atoms with Crippen molar-refractivity contribution in [3.63, 3.8) is 0 Å². The van der Waals surface area contributed by atoms with Gasteiger partial charge in [0.1, 0.15) is 11.2 Å². The minimum atomic E-state index is 0.845. The molecule has 0 aliphatic heterocycles. The second-order valence-corrected chi connectivity index (χ2v) is 13.7. The largest absolute Gasteiger partial charge is 0.456 e. The van der Waals surface area contributed by atoms with Crippen molar-refractivity contribution in [1.29, 1.82) is 0 Å². The molecule has 4 heteroatoms. The molecule has 2 heterocycles. The predicted octanol–water partition coefficient (Wildman–Crippen LogP) is 14.0. The van der Waals surface area contributed by atoms with Crippen LogP contribution in [0.5, 0.6) is 0 Å². The van der Waals surface area contributed by atoms with Gasteiger partial charge >= 0.3 is 0 Å². The van der Waals surface area contributed by atoms with Crippen LogP contribution in [0.15, 0.2) is 186 Å². The van der Waals surface area contributed by atoms with Crippen LogP contribution >= 0.6 is 11.3 Å². The summed E-state index contributed by atoms with van der Waals surface area (Å²) in [6, 6.07) is 65.0. The Morgan fingerprint density at radius 3 is 1.52 bits per heavy atom. The van der Waals surface area contributed by atoms with Crippen LogP contribution in [0.3, 0.4) is 0 Å². The number of thiophene rings is 1. The van der Waals surface area contributed by atoms with Gasteiger partial charge in [-0.25, -0.2) is 0 Å². The Kier molecular flexibility index (Phi) is 6.68. The van der Waals surface area contributed by atoms with E-state index in [1.807, 2.05) is 11.3 Å². The first-order valence-electron chi connectivity index (χ1n) is 16.8. The van der Waals surface area contributed by atoms with E-state index in [2.05, 4.69) is 192 Å². The molecular weight excluding hydrogens is 629 g/mol. The molecule has 0 fully saturated rings. The third kappa shape index (κ3) is 4.73. The smallest absolute Gasteiger partial charge is 0.137 e. The van der Waals surface area contributed by atoms with Crippen molar-refractivity contribution in [1.82, 2.24) is 0 Å². The van der Waals surface area contributed by atoms with Crippen LogP contribution in [0, 0.1) is 0 Å². The molecular formula is C46H30N2OS. The summed E-state index contributed by atoms with van der Waals surface area (Å²) in [6.07, 6.45) is 0.